The fraction of sp³-hybridized carbons (Fsp3) is 0.0800. The summed E-state index contributed by atoms with van der Waals surface area (Å²) in [5, 5.41) is 23.2. The molecule has 2 aromatic heterocycles. The van der Waals surface area contributed by atoms with Crippen LogP contribution in [0.4, 0.5) is 11.4 Å². The summed E-state index contributed by atoms with van der Waals surface area (Å²) in [5.74, 6) is -0.727. The molecular weight excluding hydrogens is 448 g/mol. The zero-order chi connectivity index (χ0) is 25.1. The van der Waals surface area contributed by atoms with Crippen LogP contribution < -0.4 is 10.9 Å². The van der Waals surface area contributed by atoms with Crippen LogP contribution in [0.3, 0.4) is 0 Å². The van der Waals surface area contributed by atoms with Crippen molar-refractivity contribution in [3.63, 3.8) is 0 Å². The highest BCUT2D eigenvalue weighted by molar-refractivity contribution is 6.09. The van der Waals surface area contributed by atoms with Crippen LogP contribution >= 0.6 is 0 Å². The van der Waals surface area contributed by atoms with Crippen LogP contribution in [0.5, 0.6) is 0 Å². The van der Waals surface area contributed by atoms with E-state index in [1.165, 1.54) is 22.9 Å². The van der Waals surface area contributed by atoms with Crippen molar-refractivity contribution in [3.8, 4) is 17.4 Å². The Balaban J connectivity index is 1.65. The van der Waals surface area contributed by atoms with E-state index in [1.807, 2.05) is 12.1 Å². The van der Waals surface area contributed by atoms with Gasteiger partial charge < -0.3 is 9.88 Å². The molecule has 2 heterocycles. The Labute approximate surface area is 199 Å². The maximum absolute atomic E-state index is 13.1. The number of nitro groups is 1. The van der Waals surface area contributed by atoms with Gasteiger partial charge in [0.05, 0.1) is 16.3 Å². The highest BCUT2D eigenvalue weighted by Gasteiger charge is 2.20. The number of hydrogen-bond donors (Lipinski definition) is 1. The molecule has 174 valence electrons. The summed E-state index contributed by atoms with van der Waals surface area (Å²) in [4.78, 5) is 36.4. The molecule has 0 aliphatic rings. The number of nitro benzene ring substituents is 1. The first-order valence-corrected chi connectivity index (χ1v) is 10.5. The summed E-state index contributed by atoms with van der Waals surface area (Å²) in [5.41, 5.74) is 1.70. The average Bonchev–Trinajstić information content (AvgIpc) is 3.41. The minimum Gasteiger partial charge on any atom is -0.317 e. The van der Waals surface area contributed by atoms with Crippen molar-refractivity contribution < 1.29 is 9.72 Å². The number of benzene rings is 2. The van der Waals surface area contributed by atoms with Crippen molar-refractivity contribution in [1.29, 1.82) is 5.26 Å². The molecule has 0 atom stereocenters. The number of anilines is 1. The van der Waals surface area contributed by atoms with Crippen LogP contribution in [-0.4, -0.2) is 24.8 Å². The predicted molar refractivity (Wildman–Crippen MR) is 130 cm³/mol. The topological polar surface area (TPSA) is 128 Å². The van der Waals surface area contributed by atoms with Crippen molar-refractivity contribution >= 4 is 23.4 Å². The third-order valence-corrected chi connectivity index (χ3v) is 5.57. The first kappa shape index (κ1) is 23.0. The van der Waals surface area contributed by atoms with Crippen LogP contribution in [0.15, 0.2) is 83.3 Å². The molecule has 0 saturated carbocycles. The van der Waals surface area contributed by atoms with Crippen molar-refractivity contribution in [2.75, 3.05) is 5.32 Å². The van der Waals surface area contributed by atoms with E-state index in [9.17, 15) is 25.0 Å². The van der Waals surface area contributed by atoms with E-state index >= 15 is 0 Å². The minimum atomic E-state index is -0.727. The Hall–Kier alpha value is -5.17. The van der Waals surface area contributed by atoms with Crippen molar-refractivity contribution in [2.24, 2.45) is 7.05 Å². The molecule has 0 spiro atoms. The number of para-hydroxylation sites is 1. The Bertz CT molecular complexity index is 1550. The van der Waals surface area contributed by atoms with Crippen molar-refractivity contribution in [2.45, 2.75) is 6.92 Å². The number of carbonyl (C=O) groups is 1. The van der Waals surface area contributed by atoms with Crippen LogP contribution in [0.1, 0.15) is 11.4 Å². The van der Waals surface area contributed by atoms with Gasteiger partial charge in [0.1, 0.15) is 17.3 Å². The normalized spacial score (nSPS) is 11.2. The number of nitrogens with one attached hydrogen (secondary N) is 1. The lowest BCUT2D eigenvalue weighted by Crippen LogP contribution is -2.23. The SMILES string of the molecule is Cc1c(NC(=O)/C(C#N)=C/c2cccn2-c2ccc([N+](=O)[O-])cc2)c(=O)n(-c2ccccc2)n1C. The van der Waals surface area contributed by atoms with Crippen LogP contribution in [0, 0.1) is 28.4 Å². The van der Waals surface area contributed by atoms with Gasteiger partial charge in [0, 0.05) is 36.8 Å². The van der Waals surface area contributed by atoms with Gasteiger partial charge in [0.2, 0.25) is 0 Å². The average molecular weight is 468 g/mol. The largest absolute Gasteiger partial charge is 0.317 e. The molecule has 0 fully saturated rings. The summed E-state index contributed by atoms with van der Waals surface area (Å²) in [6, 6.07) is 20.2. The molecular formula is C25H20N6O4. The van der Waals surface area contributed by atoms with Gasteiger partial charge in [-0.1, -0.05) is 18.2 Å². The molecule has 4 aromatic rings. The monoisotopic (exact) mass is 468 g/mol. The first-order valence-electron chi connectivity index (χ1n) is 10.5. The lowest BCUT2D eigenvalue weighted by Gasteiger charge is -2.07. The molecule has 1 N–H and O–H groups in total. The van der Waals surface area contributed by atoms with E-state index in [1.54, 1.807) is 77.9 Å². The van der Waals surface area contributed by atoms with E-state index in [0.29, 0.717) is 22.8 Å². The van der Waals surface area contributed by atoms with Gasteiger partial charge in [-0.25, -0.2) is 4.68 Å². The van der Waals surface area contributed by atoms with E-state index in [-0.39, 0.29) is 16.9 Å². The molecule has 0 aliphatic carbocycles. The maximum Gasteiger partial charge on any atom is 0.295 e. The Morgan fingerprint density at radius 2 is 1.74 bits per heavy atom. The zero-order valence-electron chi connectivity index (χ0n) is 18.9. The molecule has 2 aromatic carbocycles. The van der Waals surface area contributed by atoms with Gasteiger partial charge >= 0.3 is 0 Å². The number of amides is 1. The fourth-order valence-corrected chi connectivity index (χ4v) is 3.67. The molecule has 0 aliphatic heterocycles. The highest BCUT2D eigenvalue weighted by Crippen LogP contribution is 2.20. The second-order valence-corrected chi connectivity index (χ2v) is 7.64. The smallest absolute Gasteiger partial charge is 0.295 e. The first-order chi connectivity index (χ1) is 16.8. The zero-order valence-corrected chi connectivity index (χ0v) is 18.9. The summed E-state index contributed by atoms with van der Waals surface area (Å²) in [6.07, 6.45) is 3.10. The molecule has 35 heavy (non-hydrogen) atoms. The molecule has 10 heteroatoms. The maximum atomic E-state index is 13.1. The van der Waals surface area contributed by atoms with E-state index < -0.39 is 16.4 Å². The fourth-order valence-electron chi connectivity index (χ4n) is 3.67. The van der Waals surface area contributed by atoms with Crippen LogP contribution in [0.25, 0.3) is 17.5 Å². The number of aromatic nitrogens is 3. The van der Waals surface area contributed by atoms with Crippen molar-refractivity contribution in [1.82, 2.24) is 13.9 Å². The second kappa shape index (κ2) is 9.36. The predicted octanol–water partition coefficient (Wildman–Crippen LogP) is 3.73. The molecule has 0 saturated heterocycles. The molecule has 1 amide bonds. The molecule has 0 radical (unpaired) electrons. The van der Waals surface area contributed by atoms with Gasteiger partial charge in [0.25, 0.3) is 17.2 Å². The van der Waals surface area contributed by atoms with E-state index in [4.69, 9.17) is 0 Å². The summed E-state index contributed by atoms with van der Waals surface area (Å²) in [7, 11) is 1.71. The summed E-state index contributed by atoms with van der Waals surface area (Å²) in [6.45, 7) is 1.70. The van der Waals surface area contributed by atoms with Crippen LogP contribution in [0.2, 0.25) is 0 Å². The Kier molecular flexibility index (Phi) is 6.16. The number of non-ortho nitro benzene ring substituents is 1. The molecule has 0 unspecified atom stereocenters. The second-order valence-electron chi connectivity index (χ2n) is 7.64. The van der Waals surface area contributed by atoms with Gasteiger partial charge in [-0.3, -0.25) is 24.4 Å². The summed E-state index contributed by atoms with van der Waals surface area (Å²) >= 11 is 0. The molecule has 10 nitrogen and oxygen atoms in total. The highest BCUT2D eigenvalue weighted by atomic mass is 16.6. The van der Waals surface area contributed by atoms with E-state index in [2.05, 4.69) is 5.32 Å². The van der Waals surface area contributed by atoms with Gasteiger partial charge in [-0.15, -0.1) is 0 Å². The van der Waals surface area contributed by atoms with Crippen LogP contribution in [-0.2, 0) is 11.8 Å². The lowest BCUT2D eigenvalue weighted by atomic mass is 10.2. The summed E-state index contributed by atoms with van der Waals surface area (Å²) < 4.78 is 4.74. The van der Waals surface area contributed by atoms with Gasteiger partial charge in [-0.2, -0.15) is 5.26 Å². The van der Waals surface area contributed by atoms with E-state index in [0.717, 1.165) is 0 Å². The molecule has 4 rings (SSSR count). The quantitative estimate of drug-likeness (QED) is 0.200. The van der Waals surface area contributed by atoms with Gasteiger partial charge in [0.15, 0.2) is 0 Å². The third kappa shape index (κ3) is 4.38. The number of nitriles is 1. The molecule has 0 bridgehead atoms. The number of carbonyl (C=O) groups excluding carboxylic acids is 1. The number of rotatable bonds is 6. The minimum absolute atomic E-state index is 0.0468. The Morgan fingerprint density at radius 1 is 1.06 bits per heavy atom. The Morgan fingerprint density at radius 3 is 2.37 bits per heavy atom. The number of hydrogen-bond acceptors (Lipinski definition) is 5. The van der Waals surface area contributed by atoms with Gasteiger partial charge in [-0.05, 0) is 49.4 Å². The van der Waals surface area contributed by atoms with Crippen molar-refractivity contribution in [3.05, 3.63) is 110 Å². The standard InChI is InChI=1S/C25H20N6O4/c1-17-23(25(33)30(28(17)2)20-7-4-3-5-8-20)27-24(32)18(16-26)15-22-9-6-14-29(22)19-10-12-21(13-11-19)31(34)35/h3-15H,1-2H3,(H,27,32)/b18-15+. The lowest BCUT2D eigenvalue weighted by molar-refractivity contribution is -0.384. The third-order valence-electron chi connectivity index (χ3n) is 5.57. The number of nitrogens with zero attached hydrogens (tertiary/aromatic N) is 5.